The van der Waals surface area contributed by atoms with Crippen LogP contribution < -0.4 is 0 Å². The summed E-state index contributed by atoms with van der Waals surface area (Å²) >= 11 is 0. The number of nitrogens with zero attached hydrogens (tertiary/aromatic N) is 1. The minimum Gasteiger partial charge on any atom is -0.481 e. The fourth-order valence-electron chi connectivity index (χ4n) is 0.859. The summed E-state index contributed by atoms with van der Waals surface area (Å²) in [5.41, 5.74) is 0. The predicted molar refractivity (Wildman–Crippen MR) is 46.4 cm³/mol. The summed E-state index contributed by atoms with van der Waals surface area (Å²) in [6, 6.07) is 0. The van der Waals surface area contributed by atoms with Crippen molar-refractivity contribution in [3.8, 4) is 0 Å². The van der Waals surface area contributed by atoms with Crippen LogP contribution in [0.25, 0.3) is 0 Å². The van der Waals surface area contributed by atoms with E-state index in [2.05, 4.69) is 0 Å². The highest BCUT2D eigenvalue weighted by Crippen LogP contribution is 1.92. The molecule has 0 heterocycles. The van der Waals surface area contributed by atoms with E-state index in [4.69, 9.17) is 9.84 Å². The Hall–Kier alpha value is -1.10. The average molecular weight is 189 g/mol. The summed E-state index contributed by atoms with van der Waals surface area (Å²) in [5.74, 6) is -1.03. The lowest BCUT2D eigenvalue weighted by Gasteiger charge is -2.19. The highest BCUT2D eigenvalue weighted by atomic mass is 16.5. The molecule has 0 saturated heterocycles. The molecule has 1 amide bonds. The lowest BCUT2D eigenvalue weighted by Crippen LogP contribution is -2.33. The van der Waals surface area contributed by atoms with Crippen molar-refractivity contribution in [2.45, 2.75) is 13.3 Å². The molecular formula is C8H15NO4. The standard InChI is InChI=1S/C8H15NO4/c1-7(10)9(5-6-13-2)4-3-8(11)12/h3-6H2,1-2H3,(H,11,12). The first-order chi connectivity index (χ1) is 6.07. The van der Waals surface area contributed by atoms with Crippen LogP contribution in [0.1, 0.15) is 13.3 Å². The van der Waals surface area contributed by atoms with Gasteiger partial charge in [0, 0.05) is 27.1 Å². The zero-order valence-electron chi connectivity index (χ0n) is 7.95. The first kappa shape index (κ1) is 11.9. The van der Waals surface area contributed by atoms with Gasteiger partial charge in [0.2, 0.25) is 5.91 Å². The summed E-state index contributed by atoms with van der Waals surface area (Å²) in [4.78, 5) is 22.6. The molecule has 0 saturated carbocycles. The quantitative estimate of drug-likeness (QED) is 0.636. The smallest absolute Gasteiger partial charge is 0.305 e. The molecular weight excluding hydrogens is 174 g/mol. The van der Waals surface area contributed by atoms with E-state index in [-0.39, 0.29) is 18.9 Å². The highest BCUT2D eigenvalue weighted by molar-refractivity contribution is 5.74. The van der Waals surface area contributed by atoms with Crippen molar-refractivity contribution in [1.82, 2.24) is 4.90 Å². The maximum absolute atomic E-state index is 10.9. The van der Waals surface area contributed by atoms with Crippen molar-refractivity contribution in [3.63, 3.8) is 0 Å². The molecule has 0 aromatic rings. The number of carboxylic acid groups (broad SMARTS) is 1. The van der Waals surface area contributed by atoms with Crippen LogP contribution in [0.3, 0.4) is 0 Å². The van der Waals surface area contributed by atoms with E-state index in [1.165, 1.54) is 18.9 Å². The Morgan fingerprint density at radius 3 is 2.38 bits per heavy atom. The Morgan fingerprint density at radius 1 is 1.38 bits per heavy atom. The van der Waals surface area contributed by atoms with Crippen LogP contribution in [0.5, 0.6) is 0 Å². The molecule has 0 aliphatic heterocycles. The SMILES string of the molecule is COCCN(CCC(=O)O)C(C)=O. The van der Waals surface area contributed by atoms with Gasteiger partial charge in [-0.1, -0.05) is 0 Å². The summed E-state index contributed by atoms with van der Waals surface area (Å²) < 4.78 is 4.79. The fraction of sp³-hybridized carbons (Fsp3) is 0.750. The Kier molecular flexibility index (Phi) is 5.88. The summed E-state index contributed by atoms with van der Waals surface area (Å²) in [6.45, 7) is 2.53. The van der Waals surface area contributed by atoms with E-state index < -0.39 is 5.97 Å². The third kappa shape index (κ3) is 6.10. The maximum Gasteiger partial charge on any atom is 0.305 e. The third-order valence-corrected chi connectivity index (χ3v) is 1.61. The van der Waals surface area contributed by atoms with E-state index in [9.17, 15) is 9.59 Å². The Morgan fingerprint density at radius 2 is 2.00 bits per heavy atom. The van der Waals surface area contributed by atoms with Gasteiger partial charge in [0.25, 0.3) is 0 Å². The van der Waals surface area contributed by atoms with Crippen molar-refractivity contribution in [2.75, 3.05) is 26.8 Å². The van der Waals surface area contributed by atoms with Gasteiger partial charge in [0.05, 0.1) is 13.0 Å². The summed E-state index contributed by atoms with van der Waals surface area (Å²) in [5, 5.41) is 8.40. The number of carbonyl (C=O) groups excluding carboxylic acids is 1. The predicted octanol–water partition coefficient (Wildman–Crippen LogP) is -0.0440. The van der Waals surface area contributed by atoms with E-state index in [0.29, 0.717) is 13.2 Å². The largest absolute Gasteiger partial charge is 0.481 e. The van der Waals surface area contributed by atoms with Gasteiger partial charge in [-0.3, -0.25) is 9.59 Å². The molecule has 1 N–H and O–H groups in total. The maximum atomic E-state index is 10.9. The minimum absolute atomic E-state index is 0.0245. The highest BCUT2D eigenvalue weighted by Gasteiger charge is 2.09. The van der Waals surface area contributed by atoms with Crippen LogP contribution in [-0.2, 0) is 14.3 Å². The molecule has 0 rings (SSSR count). The normalized spacial score (nSPS) is 9.69. The molecule has 76 valence electrons. The van der Waals surface area contributed by atoms with Crippen molar-refractivity contribution >= 4 is 11.9 Å². The van der Waals surface area contributed by atoms with Crippen LogP contribution in [0.15, 0.2) is 0 Å². The molecule has 0 aromatic heterocycles. The van der Waals surface area contributed by atoms with Crippen LogP contribution in [0.2, 0.25) is 0 Å². The van der Waals surface area contributed by atoms with Gasteiger partial charge in [-0.05, 0) is 0 Å². The number of methoxy groups -OCH3 is 1. The number of amides is 1. The van der Waals surface area contributed by atoms with E-state index in [1.807, 2.05) is 0 Å². The lowest BCUT2D eigenvalue weighted by atomic mass is 10.3. The third-order valence-electron chi connectivity index (χ3n) is 1.61. The van der Waals surface area contributed by atoms with Crippen LogP contribution in [-0.4, -0.2) is 48.7 Å². The Bertz CT molecular complexity index is 181. The second kappa shape index (κ2) is 6.42. The molecule has 0 atom stereocenters. The van der Waals surface area contributed by atoms with Gasteiger partial charge >= 0.3 is 5.97 Å². The second-order valence-corrected chi connectivity index (χ2v) is 2.64. The number of aliphatic carboxylic acids is 1. The zero-order valence-corrected chi connectivity index (χ0v) is 7.95. The monoisotopic (exact) mass is 189 g/mol. The summed E-state index contributed by atoms with van der Waals surface area (Å²) in [6.07, 6.45) is -0.0245. The molecule has 13 heavy (non-hydrogen) atoms. The Labute approximate surface area is 77.3 Å². The van der Waals surface area contributed by atoms with Crippen molar-refractivity contribution in [2.24, 2.45) is 0 Å². The van der Waals surface area contributed by atoms with E-state index in [0.717, 1.165) is 0 Å². The molecule has 5 heteroatoms. The molecule has 0 spiro atoms. The van der Waals surface area contributed by atoms with Crippen LogP contribution in [0.4, 0.5) is 0 Å². The first-order valence-corrected chi connectivity index (χ1v) is 4.04. The number of carboxylic acids is 1. The number of rotatable bonds is 6. The number of hydrogen-bond acceptors (Lipinski definition) is 3. The number of hydrogen-bond donors (Lipinski definition) is 1. The van der Waals surface area contributed by atoms with Gasteiger partial charge in [-0.2, -0.15) is 0 Å². The fourth-order valence-corrected chi connectivity index (χ4v) is 0.859. The van der Waals surface area contributed by atoms with Gasteiger partial charge in [0.15, 0.2) is 0 Å². The molecule has 0 unspecified atom stereocenters. The van der Waals surface area contributed by atoms with Crippen molar-refractivity contribution in [3.05, 3.63) is 0 Å². The van der Waals surface area contributed by atoms with Crippen molar-refractivity contribution in [1.29, 1.82) is 0 Å². The first-order valence-electron chi connectivity index (χ1n) is 4.04. The van der Waals surface area contributed by atoms with Gasteiger partial charge in [-0.25, -0.2) is 0 Å². The Balaban J connectivity index is 3.80. The van der Waals surface area contributed by atoms with E-state index in [1.54, 1.807) is 0 Å². The molecule has 0 aliphatic carbocycles. The average Bonchev–Trinajstić information content (AvgIpc) is 2.03. The van der Waals surface area contributed by atoms with Gasteiger partial charge < -0.3 is 14.7 Å². The van der Waals surface area contributed by atoms with E-state index >= 15 is 0 Å². The molecule has 0 aliphatic rings. The number of carbonyl (C=O) groups is 2. The molecule has 0 bridgehead atoms. The molecule has 5 nitrogen and oxygen atoms in total. The zero-order chi connectivity index (χ0) is 10.3. The molecule has 0 fully saturated rings. The molecule has 0 radical (unpaired) electrons. The number of ether oxygens (including phenoxy) is 1. The van der Waals surface area contributed by atoms with Crippen molar-refractivity contribution < 1.29 is 19.4 Å². The summed E-state index contributed by atoms with van der Waals surface area (Å²) in [7, 11) is 1.54. The van der Waals surface area contributed by atoms with Gasteiger partial charge in [0.1, 0.15) is 0 Å². The molecule has 0 aromatic carbocycles. The minimum atomic E-state index is -0.899. The second-order valence-electron chi connectivity index (χ2n) is 2.64. The lowest BCUT2D eigenvalue weighted by molar-refractivity contribution is -0.138. The van der Waals surface area contributed by atoms with Crippen LogP contribution >= 0.6 is 0 Å². The van der Waals surface area contributed by atoms with Crippen LogP contribution in [0, 0.1) is 0 Å². The van der Waals surface area contributed by atoms with Gasteiger partial charge in [-0.15, -0.1) is 0 Å². The topological polar surface area (TPSA) is 66.8 Å².